The second-order valence-electron chi connectivity index (χ2n) is 7.36. The highest BCUT2D eigenvalue weighted by Gasteiger charge is 2.31. The Morgan fingerprint density at radius 1 is 1.36 bits per heavy atom. The van der Waals surface area contributed by atoms with E-state index in [2.05, 4.69) is 65.5 Å². The van der Waals surface area contributed by atoms with Crippen molar-refractivity contribution in [1.29, 1.82) is 0 Å². The largest absolute Gasteiger partial charge is 0.356 e. The molecule has 2 N–H and O–H groups in total. The molecule has 144 valence electrons. The summed E-state index contributed by atoms with van der Waals surface area (Å²) in [5.41, 5.74) is 1.17. The summed E-state index contributed by atoms with van der Waals surface area (Å²) >= 11 is 1.76. The van der Waals surface area contributed by atoms with Crippen LogP contribution >= 0.6 is 35.3 Å². The third-order valence-electron chi connectivity index (χ3n) is 4.65. The van der Waals surface area contributed by atoms with Crippen LogP contribution in [0.3, 0.4) is 0 Å². The van der Waals surface area contributed by atoms with Crippen LogP contribution in [0.15, 0.2) is 10.4 Å². The summed E-state index contributed by atoms with van der Waals surface area (Å²) < 4.78 is 0. The van der Waals surface area contributed by atoms with E-state index in [1.165, 1.54) is 10.7 Å². The van der Waals surface area contributed by atoms with Gasteiger partial charge in [-0.3, -0.25) is 9.89 Å². The summed E-state index contributed by atoms with van der Waals surface area (Å²) in [7, 11) is 1.84. The zero-order chi connectivity index (χ0) is 17.7. The molecule has 7 heteroatoms. The normalized spacial score (nSPS) is 21.7. The van der Waals surface area contributed by atoms with Crippen LogP contribution in [0.4, 0.5) is 0 Å². The number of aromatic nitrogens is 1. The summed E-state index contributed by atoms with van der Waals surface area (Å²) in [6, 6.07) is 1.07. The van der Waals surface area contributed by atoms with Crippen molar-refractivity contribution in [2.24, 2.45) is 10.9 Å². The van der Waals surface area contributed by atoms with Crippen LogP contribution in [0, 0.1) is 5.92 Å². The molecule has 0 aromatic carbocycles. The minimum atomic E-state index is 0. The van der Waals surface area contributed by atoms with Crippen molar-refractivity contribution in [1.82, 2.24) is 20.5 Å². The number of likely N-dealkylation sites (tertiary alicyclic amines) is 1. The van der Waals surface area contributed by atoms with Crippen LogP contribution in [-0.2, 0) is 6.42 Å². The number of halogens is 1. The quantitative estimate of drug-likeness (QED) is 0.374. The number of thiazole rings is 1. The van der Waals surface area contributed by atoms with E-state index in [0.717, 1.165) is 32.0 Å². The van der Waals surface area contributed by atoms with Gasteiger partial charge in [0.05, 0.1) is 10.7 Å². The van der Waals surface area contributed by atoms with Crippen molar-refractivity contribution in [2.45, 2.75) is 59.0 Å². The van der Waals surface area contributed by atoms with Gasteiger partial charge in [-0.2, -0.15) is 0 Å². The van der Waals surface area contributed by atoms with Crippen molar-refractivity contribution in [2.75, 3.05) is 26.7 Å². The molecule has 2 rings (SSSR count). The topological polar surface area (TPSA) is 52.6 Å². The summed E-state index contributed by atoms with van der Waals surface area (Å²) in [5, 5.41) is 10.4. The van der Waals surface area contributed by atoms with Crippen LogP contribution in [0.1, 0.15) is 51.2 Å². The number of guanidine groups is 1. The third-order valence-corrected chi connectivity index (χ3v) is 5.85. The van der Waals surface area contributed by atoms with E-state index in [4.69, 9.17) is 0 Å². The monoisotopic (exact) mass is 479 g/mol. The lowest BCUT2D eigenvalue weighted by atomic mass is 10.1. The molecule has 1 fully saturated rings. The smallest absolute Gasteiger partial charge is 0.191 e. The maximum absolute atomic E-state index is 4.69. The fraction of sp³-hybridized carbons (Fsp3) is 0.778. The maximum atomic E-state index is 4.69. The third kappa shape index (κ3) is 6.67. The first-order valence-electron chi connectivity index (χ1n) is 9.06. The van der Waals surface area contributed by atoms with Gasteiger partial charge in [0, 0.05) is 56.5 Å². The number of nitrogens with one attached hydrogen (secondary N) is 2. The molecule has 2 unspecified atom stereocenters. The van der Waals surface area contributed by atoms with Gasteiger partial charge in [0.2, 0.25) is 0 Å². The first-order chi connectivity index (χ1) is 11.4. The highest BCUT2D eigenvalue weighted by molar-refractivity contribution is 14.0. The molecule has 1 aromatic heterocycles. The van der Waals surface area contributed by atoms with Gasteiger partial charge in [-0.1, -0.05) is 20.8 Å². The Labute approximate surface area is 174 Å². The summed E-state index contributed by atoms with van der Waals surface area (Å²) in [5.74, 6) is 2.05. The standard InChI is InChI=1S/C18H33N5S.HI/c1-12(2)17-21-15(11-24-17)7-8-20-18(19-6)22-16-10-23(13(3)4)9-14(16)5;/h11-14,16H,7-10H2,1-6H3,(H2,19,20,22);1H. The molecule has 1 saturated heterocycles. The molecule has 2 heterocycles. The van der Waals surface area contributed by atoms with Crippen molar-refractivity contribution >= 4 is 41.3 Å². The maximum Gasteiger partial charge on any atom is 0.191 e. The van der Waals surface area contributed by atoms with E-state index in [1.54, 1.807) is 11.3 Å². The van der Waals surface area contributed by atoms with Crippen molar-refractivity contribution in [3.63, 3.8) is 0 Å². The average molecular weight is 479 g/mol. The predicted molar refractivity (Wildman–Crippen MR) is 119 cm³/mol. The molecule has 0 radical (unpaired) electrons. The van der Waals surface area contributed by atoms with E-state index < -0.39 is 0 Å². The lowest BCUT2D eigenvalue weighted by Gasteiger charge is -2.21. The van der Waals surface area contributed by atoms with Crippen LogP contribution in [0.5, 0.6) is 0 Å². The Morgan fingerprint density at radius 3 is 2.60 bits per heavy atom. The van der Waals surface area contributed by atoms with Gasteiger partial charge >= 0.3 is 0 Å². The van der Waals surface area contributed by atoms with Crippen LogP contribution in [0.2, 0.25) is 0 Å². The van der Waals surface area contributed by atoms with Gasteiger partial charge in [0.15, 0.2) is 5.96 Å². The predicted octanol–water partition coefficient (Wildman–Crippen LogP) is 3.32. The molecule has 0 saturated carbocycles. The highest BCUT2D eigenvalue weighted by Crippen LogP contribution is 2.19. The fourth-order valence-corrected chi connectivity index (χ4v) is 3.87. The molecule has 0 amide bonds. The zero-order valence-electron chi connectivity index (χ0n) is 16.4. The lowest BCUT2D eigenvalue weighted by Crippen LogP contribution is -2.47. The molecular formula is C18H34IN5S. The summed E-state index contributed by atoms with van der Waals surface area (Å²) in [4.78, 5) is 11.6. The lowest BCUT2D eigenvalue weighted by molar-refractivity contribution is 0.265. The van der Waals surface area contributed by atoms with Gasteiger partial charge in [-0.15, -0.1) is 35.3 Å². The number of aliphatic imine (C=N–C) groups is 1. The van der Waals surface area contributed by atoms with E-state index in [-0.39, 0.29) is 24.0 Å². The second kappa shape index (κ2) is 10.7. The molecule has 25 heavy (non-hydrogen) atoms. The molecule has 1 aliphatic rings. The Kier molecular flexibility index (Phi) is 9.66. The molecule has 1 aliphatic heterocycles. The highest BCUT2D eigenvalue weighted by atomic mass is 127. The molecule has 2 atom stereocenters. The summed E-state index contributed by atoms with van der Waals surface area (Å²) in [6.07, 6.45) is 0.933. The van der Waals surface area contributed by atoms with Crippen LogP contribution in [-0.4, -0.2) is 54.6 Å². The molecule has 0 bridgehead atoms. The molecule has 0 aliphatic carbocycles. The van der Waals surface area contributed by atoms with E-state index in [1.807, 2.05) is 7.05 Å². The Morgan fingerprint density at radius 2 is 2.08 bits per heavy atom. The molecule has 5 nitrogen and oxygen atoms in total. The van der Waals surface area contributed by atoms with E-state index in [0.29, 0.717) is 23.9 Å². The van der Waals surface area contributed by atoms with Gasteiger partial charge in [0.25, 0.3) is 0 Å². The van der Waals surface area contributed by atoms with Gasteiger partial charge in [-0.25, -0.2) is 4.98 Å². The zero-order valence-corrected chi connectivity index (χ0v) is 19.5. The minimum absolute atomic E-state index is 0. The number of rotatable bonds is 6. The first kappa shape index (κ1) is 22.6. The molecule has 1 aromatic rings. The van der Waals surface area contributed by atoms with Gasteiger partial charge in [-0.05, 0) is 19.8 Å². The summed E-state index contributed by atoms with van der Waals surface area (Å²) in [6.45, 7) is 14.3. The number of hydrogen-bond acceptors (Lipinski definition) is 4. The van der Waals surface area contributed by atoms with Crippen molar-refractivity contribution in [3.05, 3.63) is 16.1 Å². The fourth-order valence-electron chi connectivity index (χ4n) is 3.00. The minimum Gasteiger partial charge on any atom is -0.356 e. The number of hydrogen-bond donors (Lipinski definition) is 2. The Balaban J connectivity index is 0.00000312. The Hall–Kier alpha value is -0.410. The van der Waals surface area contributed by atoms with Crippen LogP contribution in [0.25, 0.3) is 0 Å². The van der Waals surface area contributed by atoms with Crippen LogP contribution < -0.4 is 10.6 Å². The Bertz CT molecular complexity index is 543. The van der Waals surface area contributed by atoms with Gasteiger partial charge < -0.3 is 10.6 Å². The SMILES string of the molecule is CN=C(NCCc1csc(C(C)C)n1)NC1CN(C(C)C)CC1C.I. The van der Waals surface area contributed by atoms with E-state index >= 15 is 0 Å². The average Bonchev–Trinajstić information content (AvgIpc) is 3.14. The number of nitrogens with zero attached hydrogens (tertiary/aromatic N) is 3. The molecular weight excluding hydrogens is 445 g/mol. The second-order valence-corrected chi connectivity index (χ2v) is 8.25. The van der Waals surface area contributed by atoms with Crippen molar-refractivity contribution < 1.29 is 0 Å². The van der Waals surface area contributed by atoms with Crippen molar-refractivity contribution in [3.8, 4) is 0 Å². The van der Waals surface area contributed by atoms with E-state index in [9.17, 15) is 0 Å². The van der Waals surface area contributed by atoms with Gasteiger partial charge in [0.1, 0.15) is 0 Å². The molecule has 0 spiro atoms. The first-order valence-corrected chi connectivity index (χ1v) is 9.94.